The molecule has 27 heavy (non-hydrogen) atoms. The van der Waals surface area contributed by atoms with Gasteiger partial charge in [0.15, 0.2) is 0 Å². The molecule has 140 valence electrons. The number of hydrogen-bond acceptors (Lipinski definition) is 2. The average molecular weight is 394 g/mol. The second kappa shape index (κ2) is 6.56. The predicted molar refractivity (Wildman–Crippen MR) is 96.4 cm³/mol. The number of alkyl halides is 3. The van der Waals surface area contributed by atoms with E-state index in [0.717, 1.165) is 31.6 Å². The van der Waals surface area contributed by atoms with E-state index in [9.17, 15) is 18.0 Å². The number of halogens is 4. The van der Waals surface area contributed by atoms with Crippen molar-refractivity contribution in [2.75, 3.05) is 13.1 Å². The lowest BCUT2D eigenvalue weighted by molar-refractivity contribution is -0.137. The quantitative estimate of drug-likeness (QED) is 0.652. The van der Waals surface area contributed by atoms with E-state index in [1.807, 2.05) is 0 Å². The normalized spacial score (nSPS) is 14.4. The first kappa shape index (κ1) is 17.9. The number of aromatic nitrogens is 2. The van der Waals surface area contributed by atoms with E-state index >= 15 is 0 Å². The van der Waals surface area contributed by atoms with Crippen molar-refractivity contribution in [1.29, 1.82) is 0 Å². The number of fused-ring (bicyclic) bond motifs is 1. The number of hydrogen-bond donors (Lipinski definition) is 0. The molecule has 3 aromatic rings. The van der Waals surface area contributed by atoms with Crippen molar-refractivity contribution in [3.8, 4) is 11.1 Å². The highest BCUT2D eigenvalue weighted by molar-refractivity contribution is 6.35. The first-order valence-electron chi connectivity index (χ1n) is 8.43. The Bertz CT molecular complexity index is 1020. The van der Waals surface area contributed by atoms with E-state index in [4.69, 9.17) is 11.6 Å². The van der Waals surface area contributed by atoms with Gasteiger partial charge in [0.2, 0.25) is 5.91 Å². The molecule has 4 nitrogen and oxygen atoms in total. The summed E-state index contributed by atoms with van der Waals surface area (Å²) in [6.45, 7) is 1.62. The zero-order chi connectivity index (χ0) is 19.2. The van der Waals surface area contributed by atoms with Crippen LogP contribution in [0.4, 0.5) is 13.2 Å². The lowest BCUT2D eigenvalue weighted by Gasteiger charge is -2.31. The van der Waals surface area contributed by atoms with Gasteiger partial charge >= 0.3 is 6.18 Å². The van der Waals surface area contributed by atoms with Gasteiger partial charge in [-0.15, -0.1) is 0 Å². The highest BCUT2D eigenvalue weighted by atomic mass is 35.5. The van der Waals surface area contributed by atoms with E-state index in [-0.39, 0.29) is 12.5 Å². The smallest absolute Gasteiger partial charge is 0.341 e. The molecule has 3 heterocycles. The molecule has 0 bridgehead atoms. The molecule has 8 heteroatoms. The molecule has 4 rings (SSSR count). The van der Waals surface area contributed by atoms with Crippen LogP contribution in [0.2, 0.25) is 5.02 Å². The van der Waals surface area contributed by atoms with Gasteiger partial charge in [0.05, 0.1) is 16.1 Å². The Morgan fingerprint density at radius 2 is 1.96 bits per heavy atom. The Balaban J connectivity index is 1.73. The molecular formula is C19H15ClF3N3O. The van der Waals surface area contributed by atoms with Crippen LogP contribution >= 0.6 is 11.6 Å². The SMILES string of the molecule is O=C(Cn1cc(Cl)c2ncc(-c3cccc(C(F)(F)F)c3)cc21)N1CCC1. The Morgan fingerprint density at radius 1 is 1.19 bits per heavy atom. The lowest BCUT2D eigenvalue weighted by Crippen LogP contribution is -2.43. The molecule has 1 fully saturated rings. The molecule has 0 unspecified atom stereocenters. The van der Waals surface area contributed by atoms with Crippen molar-refractivity contribution in [1.82, 2.24) is 14.5 Å². The average Bonchev–Trinajstić information content (AvgIpc) is 2.88. The van der Waals surface area contributed by atoms with Gasteiger partial charge in [0.25, 0.3) is 0 Å². The largest absolute Gasteiger partial charge is 0.416 e. The van der Waals surface area contributed by atoms with Crippen molar-refractivity contribution in [2.24, 2.45) is 0 Å². The summed E-state index contributed by atoms with van der Waals surface area (Å²) in [4.78, 5) is 18.3. The third-order valence-corrected chi connectivity index (χ3v) is 4.99. The van der Waals surface area contributed by atoms with Crippen molar-refractivity contribution < 1.29 is 18.0 Å². The molecule has 2 aromatic heterocycles. The number of carbonyl (C=O) groups excluding carboxylic acids is 1. The third kappa shape index (κ3) is 3.39. The molecule has 0 N–H and O–H groups in total. The molecule has 0 radical (unpaired) electrons. The number of nitrogens with zero attached hydrogens (tertiary/aromatic N) is 3. The zero-order valence-corrected chi connectivity index (χ0v) is 14.9. The highest BCUT2D eigenvalue weighted by Gasteiger charge is 2.30. The number of rotatable bonds is 3. The van der Waals surface area contributed by atoms with Gasteiger partial charge in [-0.1, -0.05) is 23.7 Å². The number of carbonyl (C=O) groups is 1. The van der Waals surface area contributed by atoms with Crippen LogP contribution in [-0.2, 0) is 17.5 Å². The first-order valence-corrected chi connectivity index (χ1v) is 8.80. The van der Waals surface area contributed by atoms with Crippen molar-refractivity contribution in [2.45, 2.75) is 19.1 Å². The first-order chi connectivity index (χ1) is 12.8. The molecule has 1 amide bonds. The second-order valence-electron chi connectivity index (χ2n) is 6.51. The fraction of sp³-hybridized carbons (Fsp3) is 0.263. The van der Waals surface area contributed by atoms with Gasteiger partial charge in [-0.3, -0.25) is 9.78 Å². The minimum Gasteiger partial charge on any atom is -0.341 e. The topological polar surface area (TPSA) is 38.1 Å². The van der Waals surface area contributed by atoms with Crippen molar-refractivity contribution >= 4 is 28.5 Å². The maximum absolute atomic E-state index is 13.0. The Kier molecular flexibility index (Phi) is 4.34. The second-order valence-corrected chi connectivity index (χ2v) is 6.92. The minimum absolute atomic E-state index is 0.0145. The maximum atomic E-state index is 13.0. The van der Waals surface area contributed by atoms with E-state index in [0.29, 0.717) is 27.2 Å². The number of benzene rings is 1. The van der Waals surface area contributed by atoms with Crippen LogP contribution in [-0.4, -0.2) is 33.4 Å². The van der Waals surface area contributed by atoms with Crippen LogP contribution in [0.15, 0.2) is 42.7 Å². The fourth-order valence-corrected chi connectivity index (χ4v) is 3.36. The summed E-state index contributed by atoms with van der Waals surface area (Å²) < 4.78 is 40.6. The van der Waals surface area contributed by atoms with Crippen LogP contribution < -0.4 is 0 Å². The molecule has 1 aliphatic rings. The molecule has 1 saturated heterocycles. The van der Waals surface area contributed by atoms with Gasteiger partial charge in [-0.05, 0) is 30.2 Å². The summed E-state index contributed by atoms with van der Waals surface area (Å²) in [5, 5.41) is 0.400. The minimum atomic E-state index is -4.42. The fourth-order valence-electron chi connectivity index (χ4n) is 3.10. The van der Waals surface area contributed by atoms with Gasteiger partial charge < -0.3 is 9.47 Å². The summed E-state index contributed by atoms with van der Waals surface area (Å²) in [7, 11) is 0. The summed E-state index contributed by atoms with van der Waals surface area (Å²) in [6, 6.07) is 6.79. The monoisotopic (exact) mass is 393 g/mol. The zero-order valence-electron chi connectivity index (χ0n) is 14.1. The van der Waals surface area contributed by atoms with Crippen LogP contribution in [0.5, 0.6) is 0 Å². The van der Waals surface area contributed by atoms with Crippen molar-refractivity contribution in [3.05, 3.63) is 53.3 Å². The summed E-state index contributed by atoms with van der Waals surface area (Å²) >= 11 is 6.22. The van der Waals surface area contributed by atoms with E-state index in [1.165, 1.54) is 12.3 Å². The predicted octanol–water partition coefficient (Wildman–Crippen LogP) is 4.61. The maximum Gasteiger partial charge on any atom is 0.416 e. The third-order valence-electron chi connectivity index (χ3n) is 4.71. The van der Waals surface area contributed by atoms with Gasteiger partial charge in [-0.2, -0.15) is 13.2 Å². The molecular weight excluding hydrogens is 379 g/mol. The summed E-state index contributed by atoms with van der Waals surface area (Å²) in [5.74, 6) is -0.0145. The van der Waals surface area contributed by atoms with Crippen LogP contribution in [0.25, 0.3) is 22.2 Å². The van der Waals surface area contributed by atoms with E-state index < -0.39 is 11.7 Å². The Labute approximate surface area is 158 Å². The molecule has 0 spiro atoms. The standard InChI is InChI=1S/C19H15ClF3N3O/c20-15-10-26(11-17(27)25-5-2-6-25)16-8-13(9-24-18(15)16)12-3-1-4-14(7-12)19(21,22)23/h1,3-4,7-10H,2,5-6,11H2. The molecule has 1 aromatic carbocycles. The number of pyridine rings is 1. The van der Waals surface area contributed by atoms with Gasteiger partial charge in [-0.25, -0.2) is 0 Å². The van der Waals surface area contributed by atoms with Crippen LogP contribution in [0.1, 0.15) is 12.0 Å². The van der Waals surface area contributed by atoms with E-state index in [1.54, 1.807) is 27.8 Å². The number of amides is 1. The lowest BCUT2D eigenvalue weighted by atomic mass is 10.0. The summed E-state index contributed by atoms with van der Waals surface area (Å²) in [5.41, 5.74) is 1.34. The number of likely N-dealkylation sites (tertiary alicyclic amines) is 1. The summed E-state index contributed by atoms with van der Waals surface area (Å²) in [6.07, 6.45) is -0.293. The molecule has 0 atom stereocenters. The molecule has 0 saturated carbocycles. The van der Waals surface area contributed by atoms with Crippen molar-refractivity contribution in [3.63, 3.8) is 0 Å². The van der Waals surface area contributed by atoms with Crippen LogP contribution in [0, 0.1) is 0 Å². The Morgan fingerprint density at radius 3 is 2.63 bits per heavy atom. The highest BCUT2D eigenvalue weighted by Crippen LogP contribution is 2.33. The van der Waals surface area contributed by atoms with Gasteiger partial charge in [0, 0.05) is 31.0 Å². The van der Waals surface area contributed by atoms with Crippen LogP contribution in [0.3, 0.4) is 0 Å². The Hall–Kier alpha value is -2.54. The molecule has 0 aliphatic carbocycles. The van der Waals surface area contributed by atoms with Gasteiger partial charge in [0.1, 0.15) is 12.1 Å². The van der Waals surface area contributed by atoms with E-state index in [2.05, 4.69) is 4.98 Å². The molecule has 1 aliphatic heterocycles.